The number of amides is 1. The van der Waals surface area contributed by atoms with Gasteiger partial charge in [0.15, 0.2) is 5.69 Å². The van der Waals surface area contributed by atoms with Crippen molar-refractivity contribution < 1.29 is 14.3 Å². The average Bonchev–Trinajstić information content (AvgIpc) is 3.24. The number of piperidine rings is 1. The van der Waals surface area contributed by atoms with Gasteiger partial charge in [0.05, 0.1) is 12.6 Å². The minimum absolute atomic E-state index is 0.154. The summed E-state index contributed by atoms with van der Waals surface area (Å²) in [4.78, 5) is 23.4. The largest absolute Gasteiger partial charge is 0.447 e. The van der Waals surface area contributed by atoms with Crippen LogP contribution >= 0.6 is 0 Å². The first kappa shape index (κ1) is 20.8. The standard InChI is InChI=1S/C23H30N4O3/c28-20-9-5-11-27(16-20)23(29)21-18-30-22(24-21)17-26-14-12-25(13-15-26)10-4-8-19-6-2-1-3-7-19/h1-4,6-8,18,20,28H,5,9-17H2/b8-4+/t20-/m0/s1. The fourth-order valence-electron chi connectivity index (χ4n) is 4.01. The van der Waals surface area contributed by atoms with Crippen LogP contribution in [0, 0.1) is 0 Å². The zero-order valence-electron chi connectivity index (χ0n) is 17.3. The Labute approximate surface area is 177 Å². The second kappa shape index (κ2) is 10.0. The van der Waals surface area contributed by atoms with E-state index < -0.39 is 6.10 Å². The molecule has 2 aliphatic rings. The van der Waals surface area contributed by atoms with Gasteiger partial charge in [-0.2, -0.15) is 0 Å². The Balaban J connectivity index is 1.22. The lowest BCUT2D eigenvalue weighted by Gasteiger charge is -2.33. The van der Waals surface area contributed by atoms with Gasteiger partial charge >= 0.3 is 0 Å². The molecular weight excluding hydrogens is 380 g/mol. The highest BCUT2D eigenvalue weighted by atomic mass is 16.3. The normalized spacial score (nSPS) is 21.4. The number of carbonyl (C=O) groups is 1. The number of β-amino-alcohol motifs (C(OH)–C–C–N with tert-alkyl or cyclic N) is 1. The van der Waals surface area contributed by atoms with E-state index in [4.69, 9.17) is 4.42 Å². The third-order valence-corrected chi connectivity index (χ3v) is 5.75. The van der Waals surface area contributed by atoms with Crippen LogP contribution in [0.5, 0.6) is 0 Å². The van der Waals surface area contributed by atoms with Crippen LogP contribution < -0.4 is 0 Å². The van der Waals surface area contributed by atoms with Gasteiger partial charge < -0.3 is 14.4 Å². The van der Waals surface area contributed by atoms with Crippen molar-refractivity contribution in [1.29, 1.82) is 0 Å². The van der Waals surface area contributed by atoms with Crippen LogP contribution in [0.1, 0.15) is 34.8 Å². The van der Waals surface area contributed by atoms with Crippen molar-refractivity contribution in [3.63, 3.8) is 0 Å². The molecule has 2 saturated heterocycles. The van der Waals surface area contributed by atoms with Crippen molar-refractivity contribution in [2.45, 2.75) is 25.5 Å². The molecule has 1 amide bonds. The van der Waals surface area contributed by atoms with Gasteiger partial charge in [-0.1, -0.05) is 42.5 Å². The summed E-state index contributed by atoms with van der Waals surface area (Å²) < 4.78 is 5.56. The molecule has 0 saturated carbocycles. The SMILES string of the molecule is O=C(c1coc(CN2CCN(C/C=C/c3ccccc3)CC2)n1)N1CCC[C@H](O)C1. The van der Waals surface area contributed by atoms with E-state index in [9.17, 15) is 9.90 Å². The van der Waals surface area contributed by atoms with Crippen LogP contribution in [0.15, 0.2) is 47.1 Å². The second-order valence-corrected chi connectivity index (χ2v) is 8.06. The van der Waals surface area contributed by atoms with E-state index >= 15 is 0 Å². The second-order valence-electron chi connectivity index (χ2n) is 8.06. The molecule has 7 heteroatoms. The third kappa shape index (κ3) is 5.56. The first-order valence-corrected chi connectivity index (χ1v) is 10.8. The summed E-state index contributed by atoms with van der Waals surface area (Å²) in [5, 5.41) is 9.78. The van der Waals surface area contributed by atoms with Crippen LogP contribution in [-0.2, 0) is 6.54 Å². The minimum Gasteiger partial charge on any atom is -0.447 e. The molecule has 7 nitrogen and oxygen atoms in total. The van der Waals surface area contributed by atoms with Crippen molar-refractivity contribution in [1.82, 2.24) is 19.7 Å². The number of carbonyl (C=O) groups excluding carboxylic acids is 1. The Morgan fingerprint density at radius 3 is 2.67 bits per heavy atom. The molecule has 0 unspecified atom stereocenters. The highest BCUT2D eigenvalue weighted by Crippen LogP contribution is 2.15. The predicted molar refractivity (Wildman–Crippen MR) is 115 cm³/mol. The number of piperazine rings is 1. The summed E-state index contributed by atoms with van der Waals surface area (Å²) in [5.41, 5.74) is 1.56. The van der Waals surface area contributed by atoms with Gasteiger partial charge in [0, 0.05) is 45.8 Å². The molecule has 30 heavy (non-hydrogen) atoms. The summed E-state index contributed by atoms with van der Waals surface area (Å²) in [7, 11) is 0. The molecule has 1 atom stereocenters. The van der Waals surface area contributed by atoms with E-state index in [2.05, 4.69) is 51.2 Å². The number of likely N-dealkylation sites (tertiary alicyclic amines) is 1. The molecular formula is C23H30N4O3. The molecule has 3 heterocycles. The molecule has 1 N–H and O–H groups in total. The molecule has 1 aromatic carbocycles. The van der Waals surface area contributed by atoms with E-state index in [-0.39, 0.29) is 5.91 Å². The van der Waals surface area contributed by atoms with Gasteiger partial charge in [-0.05, 0) is 18.4 Å². The van der Waals surface area contributed by atoms with Crippen LogP contribution in [0.25, 0.3) is 6.08 Å². The molecule has 2 aliphatic heterocycles. The molecule has 2 aromatic rings. The molecule has 0 spiro atoms. The Kier molecular flexibility index (Phi) is 6.94. The van der Waals surface area contributed by atoms with Crippen LogP contribution in [0.4, 0.5) is 0 Å². The Bertz CT molecular complexity index is 843. The number of benzene rings is 1. The number of aliphatic hydroxyl groups excluding tert-OH is 1. The highest BCUT2D eigenvalue weighted by molar-refractivity contribution is 5.92. The molecule has 0 radical (unpaired) electrons. The third-order valence-electron chi connectivity index (χ3n) is 5.75. The molecule has 0 bridgehead atoms. The molecule has 2 fully saturated rings. The van der Waals surface area contributed by atoms with Gasteiger partial charge in [-0.15, -0.1) is 0 Å². The zero-order valence-corrected chi connectivity index (χ0v) is 17.3. The Morgan fingerprint density at radius 1 is 1.13 bits per heavy atom. The number of hydrogen-bond acceptors (Lipinski definition) is 6. The lowest BCUT2D eigenvalue weighted by molar-refractivity contribution is 0.0469. The van der Waals surface area contributed by atoms with Gasteiger partial charge in [0.25, 0.3) is 5.91 Å². The van der Waals surface area contributed by atoms with E-state index in [1.54, 1.807) is 4.90 Å². The summed E-state index contributed by atoms with van der Waals surface area (Å²) in [6.07, 6.45) is 6.97. The molecule has 4 rings (SSSR count). The van der Waals surface area contributed by atoms with Crippen LogP contribution in [0.3, 0.4) is 0 Å². The van der Waals surface area contributed by atoms with E-state index in [1.165, 1.54) is 11.8 Å². The van der Waals surface area contributed by atoms with Gasteiger partial charge in [0.2, 0.25) is 5.89 Å². The van der Waals surface area contributed by atoms with Crippen molar-refractivity contribution in [2.24, 2.45) is 0 Å². The Hall–Kier alpha value is -2.48. The van der Waals surface area contributed by atoms with Gasteiger partial charge in [0.1, 0.15) is 6.26 Å². The minimum atomic E-state index is -0.437. The van der Waals surface area contributed by atoms with Crippen LogP contribution in [-0.4, -0.2) is 82.6 Å². The maximum Gasteiger partial charge on any atom is 0.275 e. The van der Waals surface area contributed by atoms with Crippen molar-refractivity contribution in [3.05, 3.63) is 59.8 Å². The van der Waals surface area contributed by atoms with E-state index in [0.717, 1.165) is 45.6 Å². The Morgan fingerprint density at radius 2 is 1.90 bits per heavy atom. The number of nitrogens with zero attached hydrogens (tertiary/aromatic N) is 4. The summed E-state index contributed by atoms with van der Waals surface area (Å²) in [6.45, 7) is 6.49. The maximum absolute atomic E-state index is 12.6. The van der Waals surface area contributed by atoms with Gasteiger partial charge in [-0.25, -0.2) is 4.98 Å². The summed E-state index contributed by atoms with van der Waals surface area (Å²) >= 11 is 0. The first-order chi connectivity index (χ1) is 14.7. The molecule has 0 aliphatic carbocycles. The van der Waals surface area contributed by atoms with Crippen LogP contribution in [0.2, 0.25) is 0 Å². The number of aliphatic hydroxyl groups is 1. The zero-order chi connectivity index (χ0) is 20.8. The summed E-state index contributed by atoms with van der Waals surface area (Å²) in [6, 6.07) is 10.3. The smallest absolute Gasteiger partial charge is 0.275 e. The van der Waals surface area contributed by atoms with E-state index in [1.807, 2.05) is 6.07 Å². The number of aromatic nitrogens is 1. The lowest BCUT2D eigenvalue weighted by Crippen LogP contribution is -2.45. The predicted octanol–water partition coefficient (Wildman–Crippen LogP) is 2.10. The fraction of sp³-hybridized carbons (Fsp3) is 0.478. The quantitative estimate of drug-likeness (QED) is 0.786. The summed E-state index contributed by atoms with van der Waals surface area (Å²) in [5.74, 6) is 0.423. The topological polar surface area (TPSA) is 73.1 Å². The number of rotatable bonds is 6. The maximum atomic E-state index is 12.6. The first-order valence-electron chi connectivity index (χ1n) is 10.8. The van der Waals surface area contributed by atoms with E-state index in [0.29, 0.717) is 31.2 Å². The van der Waals surface area contributed by atoms with Gasteiger partial charge in [-0.3, -0.25) is 14.6 Å². The fourth-order valence-corrected chi connectivity index (χ4v) is 4.01. The number of oxazole rings is 1. The van der Waals surface area contributed by atoms with Crippen molar-refractivity contribution in [3.8, 4) is 0 Å². The molecule has 160 valence electrons. The highest BCUT2D eigenvalue weighted by Gasteiger charge is 2.26. The average molecular weight is 411 g/mol. The van der Waals surface area contributed by atoms with Crippen molar-refractivity contribution >= 4 is 12.0 Å². The lowest BCUT2D eigenvalue weighted by atomic mass is 10.1. The monoisotopic (exact) mass is 410 g/mol. The van der Waals surface area contributed by atoms with Crippen molar-refractivity contribution in [2.75, 3.05) is 45.8 Å². The molecule has 1 aromatic heterocycles. The number of hydrogen-bond donors (Lipinski definition) is 1.